The van der Waals surface area contributed by atoms with Gasteiger partial charge < -0.3 is 14.5 Å². The summed E-state index contributed by atoms with van der Waals surface area (Å²) in [6, 6.07) is 3.70. The monoisotopic (exact) mass is 366 g/mol. The summed E-state index contributed by atoms with van der Waals surface area (Å²) < 4.78 is 7.96. The fourth-order valence-electron chi connectivity index (χ4n) is 2.04. The van der Waals surface area contributed by atoms with Gasteiger partial charge in [0.1, 0.15) is 10.4 Å². The van der Waals surface area contributed by atoms with Crippen molar-refractivity contribution in [2.75, 3.05) is 12.4 Å². The number of anilines is 2. The van der Waals surface area contributed by atoms with Gasteiger partial charge in [0.25, 0.3) is 0 Å². The molecule has 0 spiro atoms. The maximum absolute atomic E-state index is 6.12. The highest BCUT2D eigenvalue weighted by molar-refractivity contribution is 9.10. The van der Waals surface area contributed by atoms with Gasteiger partial charge in [-0.15, -0.1) is 0 Å². The van der Waals surface area contributed by atoms with E-state index in [0.29, 0.717) is 21.2 Å². The molecular weight excluding hydrogens is 356 g/mol. The fraction of sp³-hybridized carbons (Fsp3) is 0.143. The molecule has 1 N–H and O–H groups in total. The molecule has 0 aliphatic heterocycles. The van der Waals surface area contributed by atoms with Crippen LogP contribution in [-0.4, -0.2) is 21.5 Å². The maximum Gasteiger partial charge on any atom is 0.180 e. The molecule has 0 radical (unpaired) electrons. The maximum atomic E-state index is 6.12. The second-order valence-corrected chi connectivity index (χ2v) is 5.72. The molecule has 3 rings (SSSR count). The van der Waals surface area contributed by atoms with Crippen LogP contribution in [0, 0.1) is 6.92 Å². The van der Waals surface area contributed by atoms with E-state index >= 15 is 0 Å². The number of halogens is 2. The van der Waals surface area contributed by atoms with Crippen molar-refractivity contribution in [2.24, 2.45) is 0 Å². The van der Waals surface area contributed by atoms with Crippen molar-refractivity contribution in [1.82, 2.24) is 14.4 Å². The number of hydrogen-bond acceptors (Lipinski definition) is 4. The summed E-state index contributed by atoms with van der Waals surface area (Å²) in [6.45, 7) is 1.94. The van der Waals surface area contributed by atoms with Crippen LogP contribution in [0.5, 0.6) is 5.75 Å². The first kappa shape index (κ1) is 14.2. The van der Waals surface area contributed by atoms with Crippen LogP contribution in [0.3, 0.4) is 0 Å². The SMILES string of the molecule is COc1cc(Cl)c(C)cc1Nc1nc(Br)cn2ccnc12. The van der Waals surface area contributed by atoms with Crippen LogP contribution in [0.25, 0.3) is 5.65 Å². The Morgan fingerprint density at radius 1 is 1.38 bits per heavy atom. The summed E-state index contributed by atoms with van der Waals surface area (Å²) in [4.78, 5) is 8.73. The van der Waals surface area contributed by atoms with E-state index in [4.69, 9.17) is 16.3 Å². The van der Waals surface area contributed by atoms with Gasteiger partial charge in [0.15, 0.2) is 11.5 Å². The lowest BCUT2D eigenvalue weighted by Gasteiger charge is -2.13. The van der Waals surface area contributed by atoms with Gasteiger partial charge in [-0.3, -0.25) is 0 Å². The van der Waals surface area contributed by atoms with Crippen molar-refractivity contribution in [2.45, 2.75) is 6.92 Å². The molecule has 7 heteroatoms. The molecule has 0 bridgehead atoms. The first-order chi connectivity index (χ1) is 10.1. The van der Waals surface area contributed by atoms with Gasteiger partial charge >= 0.3 is 0 Å². The van der Waals surface area contributed by atoms with Gasteiger partial charge in [-0.25, -0.2) is 9.97 Å². The third kappa shape index (κ3) is 2.69. The predicted molar refractivity (Wildman–Crippen MR) is 86.7 cm³/mol. The van der Waals surface area contributed by atoms with Gasteiger partial charge in [-0.1, -0.05) is 11.6 Å². The van der Waals surface area contributed by atoms with Crippen molar-refractivity contribution in [3.8, 4) is 5.75 Å². The molecule has 0 atom stereocenters. The topological polar surface area (TPSA) is 51.5 Å². The van der Waals surface area contributed by atoms with Crippen LogP contribution >= 0.6 is 27.5 Å². The Hall–Kier alpha value is -1.79. The van der Waals surface area contributed by atoms with E-state index < -0.39 is 0 Å². The number of imidazole rings is 1. The molecule has 0 aliphatic rings. The van der Waals surface area contributed by atoms with Crippen molar-refractivity contribution in [3.05, 3.63) is 45.9 Å². The van der Waals surface area contributed by atoms with Gasteiger partial charge in [-0.2, -0.15) is 0 Å². The zero-order valence-corrected chi connectivity index (χ0v) is 13.7. The van der Waals surface area contributed by atoms with E-state index in [9.17, 15) is 0 Å². The standard InChI is InChI=1S/C14H12BrClN4O/c1-8-5-10(11(21-2)6-9(8)16)18-13-14-17-3-4-20(14)7-12(15)19-13/h3-7H,1-2H3,(H,18,19). The molecule has 0 saturated carbocycles. The minimum Gasteiger partial charge on any atom is -0.495 e. The molecule has 108 valence electrons. The van der Waals surface area contributed by atoms with E-state index in [-0.39, 0.29) is 0 Å². The lowest BCUT2D eigenvalue weighted by molar-refractivity contribution is 0.416. The van der Waals surface area contributed by atoms with Crippen LogP contribution in [0.4, 0.5) is 11.5 Å². The Morgan fingerprint density at radius 2 is 2.19 bits per heavy atom. The number of benzene rings is 1. The van der Waals surface area contributed by atoms with E-state index in [1.807, 2.05) is 29.8 Å². The minimum absolute atomic E-state index is 0.634. The van der Waals surface area contributed by atoms with Crippen LogP contribution in [0.2, 0.25) is 5.02 Å². The van der Waals surface area contributed by atoms with Crippen molar-refractivity contribution < 1.29 is 4.74 Å². The number of nitrogens with one attached hydrogen (secondary N) is 1. The van der Waals surface area contributed by atoms with E-state index in [1.165, 1.54) is 0 Å². The normalized spacial score (nSPS) is 10.9. The summed E-state index contributed by atoms with van der Waals surface area (Å²) in [5.74, 6) is 1.28. The molecular formula is C14H12BrClN4O. The van der Waals surface area contributed by atoms with Gasteiger partial charge in [0.2, 0.25) is 0 Å². The molecule has 0 saturated heterocycles. The minimum atomic E-state index is 0.634. The molecule has 1 aromatic carbocycles. The quantitative estimate of drug-likeness (QED) is 0.753. The fourth-order valence-corrected chi connectivity index (χ4v) is 2.59. The molecule has 0 amide bonds. The Morgan fingerprint density at radius 3 is 2.95 bits per heavy atom. The van der Waals surface area contributed by atoms with Crippen LogP contribution in [-0.2, 0) is 0 Å². The average Bonchev–Trinajstić information content (AvgIpc) is 2.90. The third-order valence-electron chi connectivity index (χ3n) is 3.08. The van der Waals surface area contributed by atoms with Crippen LogP contribution in [0.15, 0.2) is 35.3 Å². The lowest BCUT2D eigenvalue weighted by Crippen LogP contribution is -2.01. The zero-order chi connectivity index (χ0) is 15.0. The van der Waals surface area contributed by atoms with Crippen LogP contribution < -0.4 is 10.1 Å². The van der Waals surface area contributed by atoms with Gasteiger partial charge in [0, 0.05) is 29.7 Å². The Bertz CT molecular complexity index is 818. The number of ether oxygens (including phenoxy) is 1. The van der Waals surface area contributed by atoms with Crippen LogP contribution in [0.1, 0.15) is 5.56 Å². The number of rotatable bonds is 3. The van der Waals surface area contributed by atoms with E-state index in [1.54, 1.807) is 19.4 Å². The Kier molecular flexibility index (Phi) is 3.73. The number of nitrogens with zero attached hydrogens (tertiary/aromatic N) is 3. The predicted octanol–water partition coefficient (Wildman–Crippen LogP) is 4.21. The number of hydrogen-bond donors (Lipinski definition) is 1. The number of aromatic nitrogens is 3. The summed E-state index contributed by atoms with van der Waals surface area (Å²) in [7, 11) is 1.60. The summed E-state index contributed by atoms with van der Waals surface area (Å²) in [6.07, 6.45) is 5.42. The second-order valence-electron chi connectivity index (χ2n) is 4.50. The Labute approximate surface area is 135 Å². The van der Waals surface area contributed by atoms with E-state index in [0.717, 1.165) is 16.9 Å². The molecule has 2 aromatic heterocycles. The highest BCUT2D eigenvalue weighted by Gasteiger charge is 2.11. The molecule has 3 aromatic rings. The van der Waals surface area contributed by atoms with Gasteiger partial charge in [-0.05, 0) is 34.5 Å². The summed E-state index contributed by atoms with van der Waals surface area (Å²) >= 11 is 9.51. The molecule has 5 nitrogen and oxygen atoms in total. The molecule has 0 fully saturated rings. The highest BCUT2D eigenvalue weighted by Crippen LogP contribution is 2.33. The molecule has 0 unspecified atom stereocenters. The van der Waals surface area contributed by atoms with Crippen molar-refractivity contribution in [3.63, 3.8) is 0 Å². The average molecular weight is 368 g/mol. The lowest BCUT2D eigenvalue weighted by atomic mass is 10.2. The first-order valence-corrected chi connectivity index (χ1v) is 7.36. The van der Waals surface area contributed by atoms with Crippen molar-refractivity contribution >= 4 is 44.7 Å². The Balaban J connectivity index is 2.10. The second kappa shape index (κ2) is 5.54. The van der Waals surface area contributed by atoms with Gasteiger partial charge in [0.05, 0.1) is 12.8 Å². The highest BCUT2D eigenvalue weighted by atomic mass is 79.9. The first-order valence-electron chi connectivity index (χ1n) is 6.19. The molecule has 0 aliphatic carbocycles. The third-order valence-corrected chi connectivity index (χ3v) is 3.87. The molecule has 21 heavy (non-hydrogen) atoms. The largest absolute Gasteiger partial charge is 0.495 e. The summed E-state index contributed by atoms with van der Waals surface area (Å²) in [5, 5.41) is 3.91. The number of methoxy groups -OCH3 is 1. The molecule has 2 heterocycles. The number of aryl methyl sites for hydroxylation is 1. The smallest absolute Gasteiger partial charge is 0.180 e. The van der Waals surface area contributed by atoms with Crippen molar-refractivity contribution in [1.29, 1.82) is 0 Å². The summed E-state index contributed by atoms with van der Waals surface area (Å²) in [5.41, 5.74) is 2.47. The zero-order valence-electron chi connectivity index (χ0n) is 11.4. The van der Waals surface area contributed by atoms with E-state index in [2.05, 4.69) is 31.2 Å². The number of fused-ring (bicyclic) bond motifs is 1.